The van der Waals surface area contributed by atoms with Gasteiger partial charge in [0, 0.05) is 35.4 Å². The van der Waals surface area contributed by atoms with Gasteiger partial charge in [-0.3, -0.25) is 12.2 Å². The van der Waals surface area contributed by atoms with Crippen molar-refractivity contribution < 1.29 is 25.8 Å². The summed E-state index contributed by atoms with van der Waals surface area (Å²) in [7, 11) is 0.750. The third kappa shape index (κ3) is 11.2. The fraction of sp³-hybridized carbons (Fsp3) is 0.556. The van der Waals surface area contributed by atoms with Gasteiger partial charge < -0.3 is 0 Å². The third-order valence-corrected chi connectivity index (χ3v) is 3.64. The van der Waals surface area contributed by atoms with Crippen molar-refractivity contribution in [2.45, 2.75) is 67.5 Å². The zero-order valence-corrected chi connectivity index (χ0v) is 21.7. The van der Waals surface area contributed by atoms with Crippen molar-refractivity contribution in [3.63, 3.8) is 0 Å². The minimum atomic E-state index is 0. The van der Waals surface area contributed by atoms with Gasteiger partial charge in [0.05, 0.1) is 0 Å². The van der Waals surface area contributed by atoms with E-state index < -0.39 is 0 Å². The molecule has 0 aromatic rings. The van der Waals surface area contributed by atoms with Gasteiger partial charge in [0.25, 0.3) is 0 Å². The summed E-state index contributed by atoms with van der Waals surface area (Å²) >= 11 is 0. The van der Waals surface area contributed by atoms with Crippen molar-refractivity contribution in [3.8, 4) is 0 Å². The standard InChI is InChI=1S/2C8H11.C2H7Si.2ClH.Hf/c2*1-6-4-5-7(2)8(6)3;1-3-2;;;/h2*4H2,1-3H3;3H,1-2H3;2*1H;/q2*-1;;;;. The molecule has 2 aliphatic rings. The number of rotatable bonds is 0. The van der Waals surface area contributed by atoms with E-state index in [0.29, 0.717) is 0 Å². The molecular weight excluding hydrogens is 494 g/mol. The quantitative estimate of drug-likeness (QED) is 0.257. The summed E-state index contributed by atoms with van der Waals surface area (Å²) in [5, 5.41) is 0. The molecule has 1 radical (unpaired) electrons. The van der Waals surface area contributed by atoms with Gasteiger partial charge in [-0.05, 0) is 0 Å². The Labute approximate surface area is 172 Å². The van der Waals surface area contributed by atoms with Crippen molar-refractivity contribution in [2.24, 2.45) is 0 Å². The molecule has 0 amide bonds. The molecule has 127 valence electrons. The van der Waals surface area contributed by atoms with E-state index in [1.54, 1.807) is 0 Å². The van der Waals surface area contributed by atoms with Gasteiger partial charge in [-0.1, -0.05) is 40.8 Å². The molecule has 0 aliphatic heterocycles. The van der Waals surface area contributed by atoms with Crippen LogP contribution in [0.3, 0.4) is 0 Å². The summed E-state index contributed by atoms with van der Waals surface area (Å²) in [4.78, 5) is 0. The number of halogens is 2. The van der Waals surface area contributed by atoms with Crippen molar-refractivity contribution in [3.05, 3.63) is 45.6 Å². The maximum absolute atomic E-state index is 3.26. The number of hydrogen-bond donors (Lipinski definition) is 0. The average Bonchev–Trinajstić information content (AvgIpc) is 2.82. The monoisotopic (exact) mass is 525 g/mol. The molecule has 0 aromatic heterocycles. The molecule has 0 fully saturated rings. The average molecular weight is 525 g/mol. The summed E-state index contributed by atoms with van der Waals surface area (Å²) in [5.41, 5.74) is 8.49. The molecule has 0 aromatic carbocycles. The van der Waals surface area contributed by atoms with Gasteiger partial charge in [-0.2, -0.15) is 22.3 Å². The van der Waals surface area contributed by atoms with Gasteiger partial charge in [0.15, 0.2) is 0 Å². The van der Waals surface area contributed by atoms with Crippen molar-refractivity contribution >= 4 is 34.3 Å². The van der Waals surface area contributed by atoms with Crippen LogP contribution in [0.5, 0.6) is 0 Å². The van der Waals surface area contributed by atoms with E-state index in [9.17, 15) is 0 Å². The largest absolute Gasteiger partial charge is 0.269 e. The molecule has 2 rings (SSSR count). The van der Waals surface area contributed by atoms with Gasteiger partial charge in [0.2, 0.25) is 0 Å². The molecule has 0 unspecified atom stereocenters. The van der Waals surface area contributed by atoms with Crippen molar-refractivity contribution in [1.29, 1.82) is 0 Å². The molecule has 0 nitrogen and oxygen atoms in total. The number of allylic oxidation sites excluding steroid dienone is 8. The summed E-state index contributed by atoms with van der Waals surface area (Å²) in [6, 6.07) is 0. The smallest absolute Gasteiger partial charge is 0.0213 e. The van der Waals surface area contributed by atoms with Gasteiger partial charge >= 0.3 is 0 Å². The summed E-state index contributed by atoms with van der Waals surface area (Å²) in [6.45, 7) is 17.3. The van der Waals surface area contributed by atoms with Gasteiger partial charge in [-0.25, -0.2) is 11.1 Å². The molecule has 0 saturated carbocycles. The normalized spacial score (nSPS) is 15.1. The third-order valence-electron chi connectivity index (χ3n) is 3.64. The van der Waals surface area contributed by atoms with Crippen molar-refractivity contribution in [2.75, 3.05) is 0 Å². The molecule has 0 spiro atoms. The molecule has 0 atom stereocenters. The van der Waals surface area contributed by atoms with Crippen LogP contribution in [0.2, 0.25) is 13.1 Å². The zero-order chi connectivity index (χ0) is 15.0. The van der Waals surface area contributed by atoms with E-state index >= 15 is 0 Å². The Morgan fingerprint density at radius 2 is 0.909 bits per heavy atom. The van der Waals surface area contributed by atoms with Crippen LogP contribution >= 0.6 is 24.8 Å². The predicted octanol–water partition coefficient (Wildman–Crippen LogP) is 6.31. The first-order valence-corrected chi connectivity index (χ1v) is 9.38. The Bertz CT molecular complexity index is 381. The molecule has 2 aliphatic carbocycles. The molecule has 0 bridgehead atoms. The second-order valence-electron chi connectivity index (χ2n) is 5.35. The molecule has 4 heteroatoms. The first-order chi connectivity index (χ1) is 8.84. The summed E-state index contributed by atoms with van der Waals surface area (Å²) < 4.78 is 0. The summed E-state index contributed by atoms with van der Waals surface area (Å²) in [5.74, 6) is 0. The van der Waals surface area contributed by atoms with Crippen LogP contribution in [-0.4, -0.2) is 9.52 Å². The van der Waals surface area contributed by atoms with Crippen LogP contribution in [0.25, 0.3) is 0 Å². The number of hydrogen-bond acceptors (Lipinski definition) is 0. The maximum Gasteiger partial charge on any atom is 0.0213 e. The Morgan fingerprint density at radius 1 is 0.682 bits per heavy atom. The topological polar surface area (TPSA) is 0 Å². The molecule has 22 heavy (non-hydrogen) atoms. The van der Waals surface area contributed by atoms with E-state index in [4.69, 9.17) is 0 Å². The SMILES string of the molecule is CC1=[C-]CC(C)=C1C.CC1=[C-]CC(C)=C1C.C[SiH]C.Cl.Cl.[Hf]. The Kier molecular flexibility index (Phi) is 22.9. The first kappa shape index (κ1) is 30.5. The second kappa shape index (κ2) is 16.5. The summed E-state index contributed by atoms with van der Waals surface area (Å²) in [6.07, 6.45) is 8.63. The van der Waals surface area contributed by atoms with Crippen LogP contribution in [0.4, 0.5) is 0 Å². The van der Waals surface area contributed by atoms with Crippen LogP contribution < -0.4 is 0 Å². The first-order valence-electron chi connectivity index (χ1n) is 7.07. The minimum Gasteiger partial charge on any atom is -0.269 e. The Morgan fingerprint density at radius 3 is 0.955 bits per heavy atom. The van der Waals surface area contributed by atoms with E-state index in [0.717, 1.165) is 22.4 Å². The van der Waals surface area contributed by atoms with Crippen LogP contribution in [-0.2, 0) is 25.8 Å². The molecule has 0 heterocycles. The van der Waals surface area contributed by atoms with Gasteiger partial charge in [-0.15, -0.1) is 51.5 Å². The zero-order valence-electron chi connectivity index (χ0n) is 15.3. The van der Waals surface area contributed by atoms with E-state index in [2.05, 4.69) is 66.8 Å². The fourth-order valence-corrected chi connectivity index (χ4v) is 1.70. The fourth-order valence-electron chi connectivity index (χ4n) is 1.70. The van der Waals surface area contributed by atoms with E-state index in [-0.39, 0.29) is 50.7 Å². The molecular formula is C18H31Cl2HfSi-2. The maximum atomic E-state index is 3.26. The van der Waals surface area contributed by atoms with Gasteiger partial charge in [0.1, 0.15) is 0 Å². The van der Waals surface area contributed by atoms with E-state index in [1.807, 2.05) is 0 Å². The Hall–Kier alpha value is 0.627. The minimum absolute atomic E-state index is 0. The predicted molar refractivity (Wildman–Crippen MR) is 104 cm³/mol. The van der Waals surface area contributed by atoms with Crippen LogP contribution in [0.1, 0.15) is 54.4 Å². The molecule has 0 N–H and O–H groups in total. The van der Waals surface area contributed by atoms with E-state index in [1.165, 1.54) is 33.4 Å². The Balaban J connectivity index is -0.000000112. The van der Waals surface area contributed by atoms with Crippen LogP contribution in [0, 0.1) is 12.2 Å². The van der Waals surface area contributed by atoms with Crippen LogP contribution in [0.15, 0.2) is 33.4 Å². The van der Waals surface area contributed by atoms with Crippen molar-refractivity contribution in [1.82, 2.24) is 0 Å². The second-order valence-corrected chi connectivity index (χ2v) is 6.50. The molecule has 0 saturated heterocycles.